The molecule has 170 valence electrons. The van der Waals surface area contributed by atoms with Gasteiger partial charge in [0.25, 0.3) is 0 Å². The summed E-state index contributed by atoms with van der Waals surface area (Å²) in [6, 6.07) is 4.82. The van der Waals surface area contributed by atoms with Crippen molar-refractivity contribution in [3.05, 3.63) is 24.5 Å². The minimum Gasteiger partial charge on any atom is -0.391 e. The van der Waals surface area contributed by atoms with E-state index in [-0.39, 0.29) is 18.2 Å². The molecule has 2 saturated heterocycles. The highest BCUT2D eigenvalue weighted by Gasteiger charge is 2.38. The molecule has 0 bridgehead atoms. The second-order valence-electron chi connectivity index (χ2n) is 9.10. The Morgan fingerprint density at radius 1 is 1.19 bits per heavy atom. The fraction of sp³-hybridized carbons (Fsp3) is 0.565. The first-order valence-electron chi connectivity index (χ1n) is 11.7. The lowest BCUT2D eigenvalue weighted by Gasteiger charge is -2.32. The van der Waals surface area contributed by atoms with Crippen LogP contribution >= 0.6 is 0 Å². The quantitative estimate of drug-likeness (QED) is 0.560. The summed E-state index contributed by atoms with van der Waals surface area (Å²) in [6.45, 7) is 9.29. The molecule has 4 atom stereocenters. The summed E-state index contributed by atoms with van der Waals surface area (Å²) in [6.07, 6.45) is 6.13. The van der Waals surface area contributed by atoms with Crippen molar-refractivity contribution in [2.24, 2.45) is 0 Å². The summed E-state index contributed by atoms with van der Waals surface area (Å²) >= 11 is 0. The zero-order valence-corrected chi connectivity index (χ0v) is 19.0. The largest absolute Gasteiger partial charge is 0.391 e. The summed E-state index contributed by atoms with van der Waals surface area (Å²) in [5.74, 6) is 1.64. The Bertz CT molecular complexity index is 1070. The SMILES string of the molecule is CCC[C@@H]1C[C@H](O)C(C)N1c1ncc2[nH]nc(-c3ccc(N4CCN[C@H](C)C4)nc3)c2n1. The number of hydrogen-bond acceptors (Lipinski definition) is 8. The first-order valence-corrected chi connectivity index (χ1v) is 11.7. The molecule has 3 aromatic rings. The van der Waals surface area contributed by atoms with Gasteiger partial charge in [0.2, 0.25) is 5.95 Å². The van der Waals surface area contributed by atoms with Crippen molar-refractivity contribution >= 4 is 22.8 Å². The lowest BCUT2D eigenvalue weighted by Crippen LogP contribution is -2.49. The Labute approximate surface area is 188 Å². The first-order chi connectivity index (χ1) is 15.5. The van der Waals surface area contributed by atoms with Crippen LogP contribution in [0.25, 0.3) is 22.3 Å². The number of hydrogen-bond donors (Lipinski definition) is 3. The molecular formula is C23H32N8O. The molecule has 0 spiro atoms. The van der Waals surface area contributed by atoms with E-state index >= 15 is 0 Å². The minimum atomic E-state index is -0.362. The lowest BCUT2D eigenvalue weighted by atomic mass is 10.1. The van der Waals surface area contributed by atoms with E-state index in [1.54, 1.807) is 6.20 Å². The Morgan fingerprint density at radius 3 is 2.81 bits per heavy atom. The standard InChI is InChI=1S/C23H32N8O/c1-4-5-17-10-19(32)15(3)31(17)23-26-12-18-22(27-23)21(29-28-18)16-6-7-20(25-11-16)30-9-8-24-14(2)13-30/h6-7,11-12,14-15,17,19,24,32H,4-5,8-10,13H2,1-3H3,(H,28,29)/t14-,15?,17-,19+/m1/s1. The van der Waals surface area contributed by atoms with Crippen molar-refractivity contribution in [2.45, 2.75) is 64.3 Å². The predicted octanol–water partition coefficient (Wildman–Crippen LogP) is 2.34. The molecule has 0 saturated carbocycles. The van der Waals surface area contributed by atoms with Gasteiger partial charge in [0.15, 0.2) is 0 Å². The van der Waals surface area contributed by atoms with Crippen molar-refractivity contribution in [3.8, 4) is 11.3 Å². The second kappa shape index (κ2) is 8.63. The normalized spacial score (nSPS) is 26.2. The molecule has 32 heavy (non-hydrogen) atoms. The molecule has 2 aliphatic heterocycles. The number of aliphatic hydroxyl groups is 1. The fourth-order valence-electron chi connectivity index (χ4n) is 5.03. The maximum atomic E-state index is 10.5. The van der Waals surface area contributed by atoms with Crippen LogP contribution in [0.5, 0.6) is 0 Å². The average Bonchev–Trinajstić information content (AvgIpc) is 3.34. The van der Waals surface area contributed by atoms with E-state index in [1.165, 1.54) is 0 Å². The highest BCUT2D eigenvalue weighted by Crippen LogP contribution is 2.33. The molecule has 2 aliphatic rings. The van der Waals surface area contributed by atoms with Gasteiger partial charge in [-0.05, 0) is 38.8 Å². The van der Waals surface area contributed by atoms with Gasteiger partial charge in [-0.1, -0.05) is 13.3 Å². The van der Waals surface area contributed by atoms with Crippen LogP contribution in [0.3, 0.4) is 0 Å². The fourth-order valence-corrected chi connectivity index (χ4v) is 5.03. The smallest absolute Gasteiger partial charge is 0.226 e. The molecule has 0 radical (unpaired) electrons. The third-order valence-electron chi connectivity index (χ3n) is 6.76. The van der Waals surface area contributed by atoms with Crippen LogP contribution in [-0.2, 0) is 0 Å². The maximum absolute atomic E-state index is 10.5. The van der Waals surface area contributed by atoms with Gasteiger partial charge in [-0.2, -0.15) is 5.10 Å². The molecular weight excluding hydrogens is 404 g/mol. The number of nitrogens with zero attached hydrogens (tertiary/aromatic N) is 6. The summed E-state index contributed by atoms with van der Waals surface area (Å²) in [5.41, 5.74) is 3.27. The highest BCUT2D eigenvalue weighted by molar-refractivity contribution is 5.89. The Morgan fingerprint density at radius 2 is 2.06 bits per heavy atom. The van der Waals surface area contributed by atoms with E-state index in [4.69, 9.17) is 9.97 Å². The summed E-state index contributed by atoms with van der Waals surface area (Å²) < 4.78 is 0. The van der Waals surface area contributed by atoms with E-state index < -0.39 is 0 Å². The number of aromatic nitrogens is 5. The highest BCUT2D eigenvalue weighted by atomic mass is 16.3. The number of aliphatic hydroxyl groups excluding tert-OH is 1. The van der Waals surface area contributed by atoms with Crippen molar-refractivity contribution < 1.29 is 5.11 Å². The van der Waals surface area contributed by atoms with Crippen LogP contribution in [0, 0.1) is 0 Å². The zero-order chi connectivity index (χ0) is 22.2. The molecule has 5 rings (SSSR count). The van der Waals surface area contributed by atoms with Crippen molar-refractivity contribution in [3.63, 3.8) is 0 Å². The van der Waals surface area contributed by atoms with Gasteiger partial charge in [0, 0.05) is 43.5 Å². The van der Waals surface area contributed by atoms with Crippen LogP contribution < -0.4 is 15.1 Å². The van der Waals surface area contributed by atoms with E-state index in [1.807, 2.05) is 13.1 Å². The first kappa shape index (κ1) is 21.1. The van der Waals surface area contributed by atoms with Gasteiger partial charge in [-0.15, -0.1) is 0 Å². The number of pyridine rings is 1. The Balaban J connectivity index is 1.45. The van der Waals surface area contributed by atoms with Gasteiger partial charge in [0.05, 0.1) is 18.3 Å². The van der Waals surface area contributed by atoms with E-state index in [0.29, 0.717) is 12.0 Å². The molecule has 5 heterocycles. The molecule has 0 aliphatic carbocycles. The third kappa shape index (κ3) is 3.80. The number of nitrogens with one attached hydrogen (secondary N) is 2. The topological polar surface area (TPSA) is 106 Å². The Hall–Kier alpha value is -2.78. The number of piperazine rings is 1. The van der Waals surface area contributed by atoms with Gasteiger partial charge in [0.1, 0.15) is 22.5 Å². The van der Waals surface area contributed by atoms with Crippen molar-refractivity contribution in [2.75, 3.05) is 29.4 Å². The number of rotatable bonds is 5. The number of anilines is 2. The maximum Gasteiger partial charge on any atom is 0.226 e. The monoisotopic (exact) mass is 436 g/mol. The summed E-state index contributed by atoms with van der Waals surface area (Å²) in [7, 11) is 0. The van der Waals surface area contributed by atoms with E-state index in [9.17, 15) is 5.11 Å². The molecule has 3 N–H and O–H groups in total. The van der Waals surface area contributed by atoms with E-state index in [2.05, 4.69) is 56.3 Å². The van der Waals surface area contributed by atoms with Crippen LogP contribution in [0.4, 0.5) is 11.8 Å². The molecule has 2 fully saturated rings. The number of aromatic amines is 1. The summed E-state index contributed by atoms with van der Waals surface area (Å²) in [5, 5.41) is 21.5. The zero-order valence-electron chi connectivity index (χ0n) is 19.0. The van der Waals surface area contributed by atoms with Crippen LogP contribution in [0.15, 0.2) is 24.5 Å². The van der Waals surface area contributed by atoms with Gasteiger partial charge < -0.3 is 20.2 Å². The second-order valence-corrected chi connectivity index (χ2v) is 9.10. The molecule has 0 amide bonds. The minimum absolute atomic E-state index is 0.0123. The van der Waals surface area contributed by atoms with Gasteiger partial charge in [-0.25, -0.2) is 15.0 Å². The average molecular weight is 437 g/mol. The number of H-pyrrole nitrogens is 1. The lowest BCUT2D eigenvalue weighted by molar-refractivity contribution is 0.167. The molecule has 1 unspecified atom stereocenters. The molecule has 3 aromatic heterocycles. The van der Waals surface area contributed by atoms with Gasteiger partial charge in [-0.3, -0.25) is 5.10 Å². The molecule has 9 nitrogen and oxygen atoms in total. The molecule has 0 aromatic carbocycles. The van der Waals surface area contributed by atoms with Gasteiger partial charge >= 0.3 is 0 Å². The predicted molar refractivity (Wildman–Crippen MR) is 126 cm³/mol. The van der Waals surface area contributed by atoms with Crippen LogP contribution in [-0.4, -0.2) is 74.1 Å². The third-order valence-corrected chi connectivity index (χ3v) is 6.76. The van der Waals surface area contributed by atoms with E-state index in [0.717, 1.165) is 67.0 Å². The summed E-state index contributed by atoms with van der Waals surface area (Å²) in [4.78, 5) is 18.7. The number of fused-ring (bicyclic) bond motifs is 1. The van der Waals surface area contributed by atoms with Crippen LogP contribution in [0.2, 0.25) is 0 Å². The van der Waals surface area contributed by atoms with Crippen LogP contribution in [0.1, 0.15) is 40.0 Å². The molecule has 9 heteroatoms. The van der Waals surface area contributed by atoms with Crippen molar-refractivity contribution in [1.29, 1.82) is 0 Å². The Kier molecular flexibility index (Phi) is 5.69. The van der Waals surface area contributed by atoms with Crippen molar-refractivity contribution in [1.82, 2.24) is 30.5 Å².